The first-order valence-electron chi connectivity index (χ1n) is 9.56. The summed E-state index contributed by atoms with van der Waals surface area (Å²) in [5.41, 5.74) is 2.58. The predicted molar refractivity (Wildman–Crippen MR) is 104 cm³/mol. The zero-order valence-corrected chi connectivity index (χ0v) is 17.1. The minimum Gasteiger partial charge on any atom is -0.414 e. The molecule has 0 spiro atoms. The van der Waals surface area contributed by atoms with E-state index in [2.05, 4.69) is 25.1 Å². The summed E-state index contributed by atoms with van der Waals surface area (Å²) in [6.45, 7) is 6.13. The van der Waals surface area contributed by atoms with Crippen molar-refractivity contribution in [2.45, 2.75) is 60.1 Å². The summed E-state index contributed by atoms with van der Waals surface area (Å²) >= 11 is 0. The minimum atomic E-state index is -2.94. The lowest BCUT2D eigenvalue weighted by Crippen LogP contribution is -2.30. The first kappa shape index (κ1) is 21.0. The quantitative estimate of drug-likeness (QED) is 0.767. The number of amides is 1. The highest BCUT2D eigenvalue weighted by Crippen LogP contribution is 2.31. The highest BCUT2D eigenvalue weighted by molar-refractivity contribution is 5.91. The maximum absolute atomic E-state index is 12.3. The van der Waals surface area contributed by atoms with Gasteiger partial charge in [0.05, 0.1) is 17.9 Å². The molecular weight excluding hydrogens is 382 g/mol. The third kappa shape index (κ3) is 5.65. The lowest BCUT2D eigenvalue weighted by atomic mass is 9.92. The molecule has 0 fully saturated rings. The van der Waals surface area contributed by atoms with Crippen molar-refractivity contribution in [1.29, 1.82) is 0 Å². The Morgan fingerprint density at radius 3 is 2.83 bits per heavy atom. The van der Waals surface area contributed by atoms with Gasteiger partial charge in [0.25, 0.3) is 5.88 Å². The fourth-order valence-electron chi connectivity index (χ4n) is 3.30. The lowest BCUT2D eigenvalue weighted by molar-refractivity contribution is -0.117. The number of aryl methyl sites for hydroxylation is 2. The molecule has 0 unspecified atom stereocenters. The molecule has 1 N–H and O–H groups in total. The van der Waals surface area contributed by atoms with Crippen molar-refractivity contribution in [3.05, 3.63) is 29.2 Å². The van der Waals surface area contributed by atoms with E-state index < -0.39 is 6.61 Å². The van der Waals surface area contributed by atoms with Gasteiger partial charge >= 0.3 is 6.61 Å². The van der Waals surface area contributed by atoms with Crippen LogP contribution in [0.5, 0.6) is 5.88 Å². The Bertz CT molecular complexity index is 877. The van der Waals surface area contributed by atoms with Gasteiger partial charge < -0.3 is 19.5 Å². The van der Waals surface area contributed by atoms with E-state index in [0.29, 0.717) is 24.5 Å². The van der Waals surface area contributed by atoms with E-state index in [9.17, 15) is 13.6 Å². The van der Waals surface area contributed by atoms with Crippen LogP contribution in [0.2, 0.25) is 0 Å². The van der Waals surface area contributed by atoms with Crippen LogP contribution in [-0.4, -0.2) is 29.2 Å². The Balaban J connectivity index is 1.75. The maximum Gasteiger partial charge on any atom is 0.388 e. The van der Waals surface area contributed by atoms with Gasteiger partial charge in [0.15, 0.2) is 5.76 Å². The third-order valence-corrected chi connectivity index (χ3v) is 4.49. The number of carbonyl (C=O) groups is 1. The molecule has 2 aromatic rings. The van der Waals surface area contributed by atoms with Crippen molar-refractivity contribution in [3.63, 3.8) is 0 Å². The molecular formula is C20H26F2N4O3. The number of carbonyl (C=O) groups excluding carboxylic acids is 1. The van der Waals surface area contributed by atoms with Gasteiger partial charge in [-0.3, -0.25) is 4.79 Å². The molecule has 1 amide bonds. The summed E-state index contributed by atoms with van der Waals surface area (Å²) < 4.78 is 34.0. The number of nitrogens with one attached hydrogen (secondary N) is 1. The Kier molecular flexibility index (Phi) is 6.04. The Labute approximate surface area is 168 Å². The minimum absolute atomic E-state index is 0.0612. The van der Waals surface area contributed by atoms with Crippen LogP contribution < -0.4 is 15.0 Å². The summed E-state index contributed by atoms with van der Waals surface area (Å²) in [6, 6.07) is 3.35. The Hall–Kier alpha value is -2.71. The van der Waals surface area contributed by atoms with E-state index in [4.69, 9.17) is 4.52 Å². The second-order valence-electron chi connectivity index (χ2n) is 8.44. The number of nitrogens with zero attached hydrogens (tertiary/aromatic N) is 3. The molecule has 0 saturated carbocycles. The van der Waals surface area contributed by atoms with E-state index in [-0.39, 0.29) is 17.2 Å². The zero-order chi connectivity index (χ0) is 21.2. The lowest BCUT2D eigenvalue weighted by Gasteiger charge is -2.30. The molecule has 1 aliphatic rings. The fourth-order valence-corrected chi connectivity index (χ4v) is 3.30. The smallest absolute Gasteiger partial charge is 0.388 e. The highest BCUT2D eigenvalue weighted by Gasteiger charge is 2.23. The van der Waals surface area contributed by atoms with Crippen molar-refractivity contribution in [2.75, 3.05) is 16.8 Å². The summed E-state index contributed by atoms with van der Waals surface area (Å²) in [4.78, 5) is 19.0. The maximum atomic E-state index is 12.3. The molecule has 1 aliphatic heterocycles. The second kappa shape index (κ2) is 8.34. The standard InChI is InChI=1S/C20H26F2N4O3/c1-12-8-15-14(23-18(12)24-16(27)10-20(2,3)4)6-5-7-26(15)11-13-9-17(25-29-13)28-19(21)22/h8-9,19H,5-7,10-11H2,1-4H3,(H,23,24,27). The number of hydrogen-bond donors (Lipinski definition) is 1. The first-order valence-corrected chi connectivity index (χ1v) is 9.56. The van der Waals surface area contributed by atoms with Crippen LogP contribution in [0.4, 0.5) is 20.3 Å². The van der Waals surface area contributed by atoms with E-state index in [1.54, 1.807) is 0 Å². The van der Waals surface area contributed by atoms with Crippen LogP contribution in [0.3, 0.4) is 0 Å². The summed E-state index contributed by atoms with van der Waals surface area (Å²) in [7, 11) is 0. The summed E-state index contributed by atoms with van der Waals surface area (Å²) in [5, 5.41) is 6.42. The van der Waals surface area contributed by atoms with Crippen molar-refractivity contribution in [2.24, 2.45) is 5.41 Å². The molecule has 0 radical (unpaired) electrons. The average Bonchev–Trinajstić information content (AvgIpc) is 3.00. The molecule has 7 nitrogen and oxygen atoms in total. The van der Waals surface area contributed by atoms with Crippen molar-refractivity contribution < 1.29 is 22.8 Å². The molecule has 0 saturated heterocycles. The first-order chi connectivity index (χ1) is 13.6. The van der Waals surface area contributed by atoms with E-state index in [0.717, 1.165) is 36.3 Å². The largest absolute Gasteiger partial charge is 0.414 e. The van der Waals surface area contributed by atoms with Gasteiger partial charge in [0.2, 0.25) is 5.91 Å². The predicted octanol–water partition coefficient (Wildman–Crippen LogP) is 4.31. The molecule has 158 valence electrons. The number of alkyl halides is 2. The van der Waals surface area contributed by atoms with Crippen LogP contribution in [0.1, 0.15) is 50.6 Å². The molecule has 3 heterocycles. The number of ether oxygens (including phenoxy) is 1. The van der Waals surface area contributed by atoms with Crippen LogP contribution in [0.25, 0.3) is 0 Å². The number of aromatic nitrogens is 2. The molecule has 0 atom stereocenters. The van der Waals surface area contributed by atoms with Gasteiger partial charge in [-0.25, -0.2) is 4.98 Å². The topological polar surface area (TPSA) is 80.5 Å². The molecule has 9 heteroatoms. The third-order valence-electron chi connectivity index (χ3n) is 4.49. The number of fused-ring (bicyclic) bond motifs is 1. The van der Waals surface area contributed by atoms with Crippen LogP contribution in [0, 0.1) is 12.3 Å². The number of pyridine rings is 1. The Morgan fingerprint density at radius 2 is 2.14 bits per heavy atom. The van der Waals surface area contributed by atoms with Gasteiger partial charge in [-0.1, -0.05) is 20.8 Å². The van der Waals surface area contributed by atoms with Crippen LogP contribution in [-0.2, 0) is 17.8 Å². The van der Waals surface area contributed by atoms with Gasteiger partial charge in [-0.05, 0) is 42.0 Å². The van der Waals surface area contributed by atoms with E-state index >= 15 is 0 Å². The number of rotatable bonds is 6. The number of halogens is 2. The second-order valence-corrected chi connectivity index (χ2v) is 8.44. The number of hydrogen-bond acceptors (Lipinski definition) is 6. The van der Waals surface area contributed by atoms with Gasteiger partial charge in [0, 0.05) is 19.0 Å². The average molecular weight is 408 g/mol. The molecule has 2 aromatic heterocycles. The normalized spacial score (nSPS) is 14.1. The van der Waals surface area contributed by atoms with Crippen LogP contribution >= 0.6 is 0 Å². The SMILES string of the molecule is Cc1cc2c(nc1NC(=O)CC(C)(C)C)CCCN2Cc1cc(OC(F)F)no1. The molecule has 0 bridgehead atoms. The van der Waals surface area contributed by atoms with Crippen LogP contribution in [0.15, 0.2) is 16.7 Å². The van der Waals surface area contributed by atoms with Crippen molar-refractivity contribution in [3.8, 4) is 5.88 Å². The summed E-state index contributed by atoms with van der Waals surface area (Å²) in [5.74, 6) is 0.702. The monoisotopic (exact) mass is 408 g/mol. The molecule has 0 aromatic carbocycles. The molecule has 0 aliphatic carbocycles. The Morgan fingerprint density at radius 1 is 1.38 bits per heavy atom. The van der Waals surface area contributed by atoms with Gasteiger partial charge in [-0.2, -0.15) is 8.78 Å². The molecule has 29 heavy (non-hydrogen) atoms. The van der Waals surface area contributed by atoms with E-state index in [1.807, 2.05) is 33.8 Å². The van der Waals surface area contributed by atoms with E-state index in [1.165, 1.54) is 6.07 Å². The molecule has 3 rings (SSSR count). The van der Waals surface area contributed by atoms with Crippen molar-refractivity contribution in [1.82, 2.24) is 10.1 Å². The zero-order valence-electron chi connectivity index (χ0n) is 17.1. The van der Waals surface area contributed by atoms with Crippen molar-refractivity contribution >= 4 is 17.4 Å². The van der Waals surface area contributed by atoms with Gasteiger partial charge in [-0.15, -0.1) is 0 Å². The van der Waals surface area contributed by atoms with Gasteiger partial charge in [0.1, 0.15) is 5.82 Å². The highest BCUT2D eigenvalue weighted by atomic mass is 19.3. The number of anilines is 2. The fraction of sp³-hybridized carbons (Fsp3) is 0.550. The summed E-state index contributed by atoms with van der Waals surface area (Å²) in [6.07, 6.45) is 2.09.